The molecule has 0 atom stereocenters. The van der Waals surface area contributed by atoms with Gasteiger partial charge in [0.1, 0.15) is 0 Å². The summed E-state index contributed by atoms with van der Waals surface area (Å²) >= 11 is 1.51. The second-order valence-corrected chi connectivity index (χ2v) is 13.0. The predicted octanol–water partition coefficient (Wildman–Crippen LogP) is 3.08. The van der Waals surface area contributed by atoms with E-state index < -0.39 is 0 Å². The fourth-order valence-electron chi connectivity index (χ4n) is 4.36. The third kappa shape index (κ3) is 8.94. The van der Waals surface area contributed by atoms with Gasteiger partial charge in [0.2, 0.25) is 0 Å². The second kappa shape index (κ2) is 14.6. The van der Waals surface area contributed by atoms with Crippen LogP contribution in [0.2, 0.25) is 0 Å². The summed E-state index contributed by atoms with van der Waals surface area (Å²) < 4.78 is 1.46. The molecule has 5 rings (SSSR count). The summed E-state index contributed by atoms with van der Waals surface area (Å²) in [5.74, 6) is 0. The van der Waals surface area contributed by atoms with Crippen LogP contribution in [0.1, 0.15) is 77.8 Å². The Balaban J connectivity index is 0.000000299. The van der Waals surface area contributed by atoms with Gasteiger partial charge in [0.25, 0.3) is 0 Å². The SMILES string of the molecule is C[C](=[Zr+2])c1ccccc1.Cc1[c-]c2c(cc1C)-c1cc(C)c(C)cc1C2.Cc1cc(C(C)(C)C)c[cH-]1.[Cl-].[Cl-]. The quantitative estimate of drug-likeness (QED) is 0.252. The van der Waals surface area contributed by atoms with Crippen LogP contribution in [-0.2, 0) is 36.1 Å². The van der Waals surface area contributed by atoms with Gasteiger partial charge >= 0.3 is 70.3 Å². The van der Waals surface area contributed by atoms with Crippen molar-refractivity contribution in [1.29, 1.82) is 0 Å². The first-order valence-corrected chi connectivity index (χ1v) is 14.1. The minimum Gasteiger partial charge on any atom is -1.00 e. The first-order chi connectivity index (χ1) is 16.9. The van der Waals surface area contributed by atoms with Gasteiger partial charge in [-0.25, -0.2) is 6.07 Å². The van der Waals surface area contributed by atoms with Crippen molar-refractivity contribution in [3.8, 4) is 11.1 Å². The van der Waals surface area contributed by atoms with Crippen LogP contribution in [0.4, 0.5) is 0 Å². The van der Waals surface area contributed by atoms with Crippen molar-refractivity contribution in [2.45, 2.75) is 74.1 Å². The maximum atomic E-state index is 3.54. The van der Waals surface area contributed by atoms with E-state index in [1.807, 2.05) is 6.07 Å². The van der Waals surface area contributed by atoms with Crippen LogP contribution >= 0.6 is 0 Å². The zero-order chi connectivity index (χ0) is 26.6. The van der Waals surface area contributed by atoms with E-state index in [4.69, 9.17) is 0 Å². The van der Waals surface area contributed by atoms with E-state index in [-0.39, 0.29) is 24.8 Å². The average molecular weight is 623 g/mol. The van der Waals surface area contributed by atoms with E-state index >= 15 is 0 Å². The van der Waals surface area contributed by atoms with Crippen molar-refractivity contribution in [3.05, 3.63) is 123 Å². The molecule has 0 amide bonds. The molecule has 38 heavy (non-hydrogen) atoms. The van der Waals surface area contributed by atoms with Crippen LogP contribution < -0.4 is 24.8 Å². The smallest absolute Gasteiger partial charge is 0.0253 e. The standard InChI is InChI=1S/C17H17.C10H15.C8H8.2ClH.Zr/c1-10-5-14-9-15-6-11(2)13(4)8-17(15)16(14)7-12(10)3;1-8-5-6-9(7-8)10(2,3)4;1-2-8-6-4-3-5-7-8;;;/h5,7-8H,9H2,1-4H3;5-7H,1-4H3;3-7H,1H3;2*1H;/q2*-1;;;;+2/p-2. The normalized spacial score (nSPS) is 10.9. The van der Waals surface area contributed by atoms with Crippen LogP contribution in [0, 0.1) is 40.7 Å². The Hall–Kier alpha value is -1.66. The van der Waals surface area contributed by atoms with E-state index in [0.717, 1.165) is 6.42 Å². The largest absolute Gasteiger partial charge is 1.00 e. The molecule has 3 heteroatoms. The van der Waals surface area contributed by atoms with Gasteiger partial charge < -0.3 is 24.8 Å². The summed E-state index contributed by atoms with van der Waals surface area (Å²) in [7, 11) is 0. The van der Waals surface area contributed by atoms with E-state index in [9.17, 15) is 0 Å². The molecule has 1 aliphatic carbocycles. The molecule has 4 aromatic rings. The molecule has 0 aromatic heterocycles. The Kier molecular flexibility index (Phi) is 13.3. The van der Waals surface area contributed by atoms with Crippen molar-refractivity contribution < 1.29 is 49.0 Å². The molecule has 200 valence electrons. The molecule has 0 saturated heterocycles. The summed E-state index contributed by atoms with van der Waals surface area (Å²) in [5, 5.41) is 0. The van der Waals surface area contributed by atoms with E-state index in [2.05, 4.69) is 129 Å². The minimum atomic E-state index is 0. The molecular weight excluding hydrogens is 583 g/mol. The zero-order valence-corrected chi connectivity index (χ0v) is 28.3. The number of aryl methyl sites for hydroxylation is 5. The summed E-state index contributed by atoms with van der Waals surface area (Å²) in [6, 6.07) is 27.6. The molecule has 1 aliphatic rings. The Bertz CT molecular complexity index is 1300. The number of benzene rings is 3. The fraction of sp³-hybridized carbons (Fsp3) is 0.314. The van der Waals surface area contributed by atoms with Gasteiger partial charge in [-0.05, 0) is 37.0 Å². The summed E-state index contributed by atoms with van der Waals surface area (Å²) in [4.78, 5) is 0. The Labute approximate surface area is 258 Å². The van der Waals surface area contributed by atoms with Gasteiger partial charge in [-0.15, -0.1) is 11.1 Å². The molecule has 0 radical (unpaired) electrons. The Morgan fingerprint density at radius 3 is 1.87 bits per heavy atom. The van der Waals surface area contributed by atoms with Gasteiger partial charge in [0.15, 0.2) is 0 Å². The van der Waals surface area contributed by atoms with Crippen LogP contribution in [-0.4, -0.2) is 3.21 Å². The Morgan fingerprint density at radius 1 is 0.816 bits per heavy atom. The molecule has 4 aromatic carbocycles. The average Bonchev–Trinajstić information content (AvgIpc) is 3.40. The van der Waals surface area contributed by atoms with Crippen molar-refractivity contribution in [3.63, 3.8) is 0 Å². The monoisotopic (exact) mass is 620 g/mol. The molecule has 0 heterocycles. The van der Waals surface area contributed by atoms with Gasteiger partial charge in [0, 0.05) is 0 Å². The molecule has 0 nitrogen and oxygen atoms in total. The number of hydrogen-bond acceptors (Lipinski definition) is 0. The summed E-state index contributed by atoms with van der Waals surface area (Å²) in [5.41, 5.74) is 15.5. The predicted molar refractivity (Wildman–Crippen MR) is 154 cm³/mol. The van der Waals surface area contributed by atoms with Crippen LogP contribution in [0.3, 0.4) is 0 Å². The molecule has 0 aliphatic heterocycles. The van der Waals surface area contributed by atoms with Crippen molar-refractivity contribution in [1.82, 2.24) is 0 Å². The van der Waals surface area contributed by atoms with Crippen LogP contribution in [0.25, 0.3) is 11.1 Å². The minimum absolute atomic E-state index is 0. The van der Waals surface area contributed by atoms with Gasteiger partial charge in [-0.2, -0.15) is 46.5 Å². The maximum Gasteiger partial charge on any atom is -0.0253 e. The molecule has 0 unspecified atom stereocenters. The second-order valence-electron chi connectivity index (χ2n) is 11.2. The van der Waals surface area contributed by atoms with Crippen molar-refractivity contribution in [2.24, 2.45) is 0 Å². The molecule has 0 saturated carbocycles. The van der Waals surface area contributed by atoms with Gasteiger partial charge in [-0.1, -0.05) is 64.7 Å². The first kappa shape index (κ1) is 34.4. The molecule has 0 bridgehead atoms. The third-order valence-corrected chi connectivity index (χ3v) is 7.68. The van der Waals surface area contributed by atoms with Gasteiger partial charge in [0.05, 0.1) is 0 Å². The summed E-state index contributed by atoms with van der Waals surface area (Å²) in [6.45, 7) is 19.7. The van der Waals surface area contributed by atoms with E-state index in [1.165, 1.54) is 88.6 Å². The maximum absolute atomic E-state index is 3.54. The number of halogens is 2. The van der Waals surface area contributed by atoms with Crippen molar-refractivity contribution >= 4 is 3.21 Å². The number of rotatable bonds is 1. The molecule has 0 spiro atoms. The van der Waals surface area contributed by atoms with Crippen LogP contribution in [0.15, 0.2) is 66.7 Å². The first-order valence-electron chi connectivity index (χ1n) is 12.8. The van der Waals surface area contributed by atoms with Crippen molar-refractivity contribution in [2.75, 3.05) is 0 Å². The van der Waals surface area contributed by atoms with E-state index in [0.29, 0.717) is 5.41 Å². The topological polar surface area (TPSA) is 0 Å². The third-order valence-electron chi connectivity index (χ3n) is 6.97. The van der Waals surface area contributed by atoms with Gasteiger partial charge in [-0.3, -0.25) is 0 Å². The Morgan fingerprint density at radius 2 is 1.39 bits per heavy atom. The molecule has 0 fully saturated rings. The number of fused-ring (bicyclic) bond motifs is 3. The number of hydrogen-bond donors (Lipinski definition) is 0. The fourth-order valence-corrected chi connectivity index (χ4v) is 4.77. The molecular formula is C35H40Cl2Zr-2. The van der Waals surface area contributed by atoms with E-state index in [1.54, 1.807) is 0 Å². The van der Waals surface area contributed by atoms with Crippen LogP contribution in [0.5, 0.6) is 0 Å². The zero-order valence-electron chi connectivity index (χ0n) is 24.3. The molecule has 0 N–H and O–H groups in total. The summed E-state index contributed by atoms with van der Waals surface area (Å²) in [6.07, 6.45) is 1.05.